The number of aryl methyl sites for hydroxylation is 1. The van der Waals surface area contributed by atoms with E-state index >= 15 is 0 Å². The van der Waals surface area contributed by atoms with Gasteiger partial charge in [-0.1, -0.05) is 12.1 Å². The van der Waals surface area contributed by atoms with Crippen molar-refractivity contribution in [1.82, 2.24) is 0 Å². The van der Waals surface area contributed by atoms with Gasteiger partial charge in [-0.2, -0.15) is 0 Å². The monoisotopic (exact) mass is 306 g/mol. The third-order valence-corrected chi connectivity index (χ3v) is 4.73. The Hall–Kier alpha value is -2.21. The number of hydrogen-bond donors (Lipinski definition) is 2. The van der Waals surface area contributed by atoms with Gasteiger partial charge in [-0.05, 0) is 49.2 Å². The van der Waals surface area contributed by atoms with Crippen molar-refractivity contribution in [3.63, 3.8) is 0 Å². The minimum atomic E-state index is -3.72. The SMILES string of the molecule is COc1cc(C)ccc1NS(=O)(=O)c1cccc(N)c1C. The van der Waals surface area contributed by atoms with Crippen LogP contribution in [0, 0.1) is 13.8 Å². The van der Waals surface area contributed by atoms with Crippen LogP contribution in [-0.2, 0) is 10.0 Å². The molecule has 0 saturated carbocycles. The van der Waals surface area contributed by atoms with Crippen LogP contribution in [0.2, 0.25) is 0 Å². The van der Waals surface area contributed by atoms with Gasteiger partial charge in [-0.15, -0.1) is 0 Å². The van der Waals surface area contributed by atoms with Gasteiger partial charge in [0.25, 0.3) is 10.0 Å². The van der Waals surface area contributed by atoms with Crippen molar-refractivity contribution in [2.24, 2.45) is 0 Å². The van der Waals surface area contributed by atoms with E-state index in [1.54, 1.807) is 31.2 Å². The molecule has 0 saturated heterocycles. The van der Waals surface area contributed by atoms with Gasteiger partial charge in [0.15, 0.2) is 0 Å². The summed E-state index contributed by atoms with van der Waals surface area (Å²) in [6.07, 6.45) is 0. The van der Waals surface area contributed by atoms with Gasteiger partial charge in [0.1, 0.15) is 5.75 Å². The van der Waals surface area contributed by atoms with Crippen LogP contribution in [0.25, 0.3) is 0 Å². The van der Waals surface area contributed by atoms with Crippen molar-refractivity contribution in [3.05, 3.63) is 47.5 Å². The lowest BCUT2D eigenvalue weighted by Gasteiger charge is -2.14. The van der Waals surface area contributed by atoms with Crippen LogP contribution in [0.15, 0.2) is 41.3 Å². The summed E-state index contributed by atoms with van der Waals surface area (Å²) in [6, 6.07) is 10.1. The molecule has 0 aromatic heterocycles. The van der Waals surface area contributed by atoms with Crippen molar-refractivity contribution in [3.8, 4) is 5.75 Å². The van der Waals surface area contributed by atoms with Gasteiger partial charge in [-0.3, -0.25) is 4.72 Å². The molecule has 0 aliphatic heterocycles. The first-order valence-corrected chi connectivity index (χ1v) is 7.86. The van der Waals surface area contributed by atoms with Crippen molar-refractivity contribution in [2.45, 2.75) is 18.7 Å². The second kappa shape index (κ2) is 5.65. The largest absolute Gasteiger partial charge is 0.495 e. The summed E-state index contributed by atoms with van der Waals surface area (Å²) in [5.74, 6) is 0.472. The quantitative estimate of drug-likeness (QED) is 0.851. The molecule has 5 nitrogen and oxygen atoms in total. The van der Waals surface area contributed by atoms with E-state index in [1.165, 1.54) is 13.2 Å². The lowest BCUT2D eigenvalue weighted by molar-refractivity contribution is 0.416. The van der Waals surface area contributed by atoms with E-state index in [0.29, 0.717) is 22.7 Å². The summed E-state index contributed by atoms with van der Waals surface area (Å²) in [4.78, 5) is 0.158. The third kappa shape index (κ3) is 3.11. The molecule has 0 radical (unpaired) electrons. The second-order valence-corrected chi connectivity index (χ2v) is 6.43. The van der Waals surface area contributed by atoms with E-state index in [-0.39, 0.29) is 4.90 Å². The summed E-state index contributed by atoms with van der Waals surface area (Å²) in [6.45, 7) is 3.58. The summed E-state index contributed by atoms with van der Waals surface area (Å²) in [5.41, 5.74) is 8.11. The van der Waals surface area contributed by atoms with E-state index in [9.17, 15) is 8.42 Å². The topological polar surface area (TPSA) is 81.4 Å². The summed E-state index contributed by atoms with van der Waals surface area (Å²) >= 11 is 0. The van der Waals surface area contributed by atoms with Gasteiger partial charge in [0.05, 0.1) is 17.7 Å². The van der Waals surface area contributed by atoms with Gasteiger partial charge in [0, 0.05) is 5.69 Å². The fourth-order valence-corrected chi connectivity index (χ4v) is 3.35. The highest BCUT2D eigenvalue weighted by molar-refractivity contribution is 7.92. The summed E-state index contributed by atoms with van der Waals surface area (Å²) < 4.78 is 32.8. The molecule has 2 aromatic rings. The highest BCUT2D eigenvalue weighted by Gasteiger charge is 2.19. The number of nitrogen functional groups attached to an aromatic ring is 1. The third-order valence-electron chi connectivity index (χ3n) is 3.22. The molecule has 21 heavy (non-hydrogen) atoms. The Bertz CT molecular complexity index is 770. The molecule has 0 bridgehead atoms. The number of rotatable bonds is 4. The number of benzene rings is 2. The van der Waals surface area contributed by atoms with Crippen molar-refractivity contribution in [2.75, 3.05) is 17.6 Å². The van der Waals surface area contributed by atoms with Crippen LogP contribution in [-0.4, -0.2) is 15.5 Å². The maximum atomic E-state index is 12.5. The Morgan fingerprint density at radius 1 is 1.14 bits per heavy atom. The average Bonchev–Trinajstić information content (AvgIpc) is 2.43. The van der Waals surface area contributed by atoms with Gasteiger partial charge in [-0.25, -0.2) is 8.42 Å². The molecule has 6 heteroatoms. The first kappa shape index (κ1) is 15.2. The first-order valence-electron chi connectivity index (χ1n) is 6.37. The zero-order valence-corrected chi connectivity index (χ0v) is 13.0. The zero-order chi connectivity index (χ0) is 15.6. The van der Waals surface area contributed by atoms with Crippen LogP contribution in [0.3, 0.4) is 0 Å². The predicted octanol–water partition coefficient (Wildman–Crippen LogP) is 2.70. The van der Waals surface area contributed by atoms with E-state index in [2.05, 4.69) is 4.72 Å². The van der Waals surface area contributed by atoms with Gasteiger partial charge < -0.3 is 10.5 Å². The predicted molar refractivity (Wildman–Crippen MR) is 84.1 cm³/mol. The smallest absolute Gasteiger partial charge is 0.262 e. The molecular formula is C15H18N2O3S. The highest BCUT2D eigenvalue weighted by Crippen LogP contribution is 2.29. The maximum Gasteiger partial charge on any atom is 0.262 e. The number of ether oxygens (including phenoxy) is 1. The van der Waals surface area contributed by atoms with E-state index < -0.39 is 10.0 Å². The molecule has 2 rings (SSSR count). The standard InChI is InChI=1S/C15H18N2O3S/c1-10-7-8-13(14(9-10)20-3)17-21(18,19)15-6-4-5-12(16)11(15)2/h4-9,17H,16H2,1-3H3. The molecule has 0 heterocycles. The molecule has 0 aliphatic rings. The number of hydrogen-bond acceptors (Lipinski definition) is 4. The van der Waals surface area contributed by atoms with Crippen molar-refractivity contribution < 1.29 is 13.2 Å². The summed E-state index contributed by atoms with van der Waals surface area (Å²) in [5, 5.41) is 0. The Balaban J connectivity index is 2.45. The molecule has 0 unspecified atom stereocenters. The van der Waals surface area contributed by atoms with Crippen LogP contribution in [0.1, 0.15) is 11.1 Å². The lowest BCUT2D eigenvalue weighted by atomic mass is 10.2. The average molecular weight is 306 g/mol. The summed E-state index contributed by atoms with van der Waals surface area (Å²) in [7, 11) is -2.22. The number of nitrogens with two attached hydrogens (primary N) is 1. The molecule has 0 spiro atoms. The minimum Gasteiger partial charge on any atom is -0.495 e. The van der Waals surface area contributed by atoms with Gasteiger partial charge in [0.2, 0.25) is 0 Å². The minimum absolute atomic E-state index is 0.158. The number of sulfonamides is 1. The fourth-order valence-electron chi connectivity index (χ4n) is 2.01. The molecule has 112 valence electrons. The van der Waals surface area contributed by atoms with E-state index in [1.807, 2.05) is 13.0 Å². The molecular weight excluding hydrogens is 288 g/mol. The first-order chi connectivity index (χ1) is 9.85. The maximum absolute atomic E-state index is 12.5. The second-order valence-electron chi connectivity index (χ2n) is 4.78. The molecule has 0 atom stereocenters. The zero-order valence-electron chi connectivity index (χ0n) is 12.2. The highest BCUT2D eigenvalue weighted by atomic mass is 32.2. The molecule has 3 N–H and O–H groups in total. The van der Waals surface area contributed by atoms with Crippen molar-refractivity contribution >= 4 is 21.4 Å². The lowest BCUT2D eigenvalue weighted by Crippen LogP contribution is -2.15. The van der Waals surface area contributed by atoms with Crippen molar-refractivity contribution in [1.29, 1.82) is 0 Å². The number of methoxy groups -OCH3 is 1. The Labute approximate surface area is 124 Å². The Kier molecular flexibility index (Phi) is 4.09. The van der Waals surface area contributed by atoms with E-state index in [4.69, 9.17) is 10.5 Å². The number of nitrogens with one attached hydrogen (secondary N) is 1. The van der Waals surface area contributed by atoms with Crippen LogP contribution in [0.5, 0.6) is 5.75 Å². The Morgan fingerprint density at radius 3 is 2.52 bits per heavy atom. The normalized spacial score (nSPS) is 11.2. The Morgan fingerprint density at radius 2 is 1.86 bits per heavy atom. The molecule has 0 fully saturated rings. The van der Waals surface area contributed by atoms with Crippen LogP contribution < -0.4 is 15.2 Å². The van der Waals surface area contributed by atoms with Crippen LogP contribution in [0.4, 0.5) is 11.4 Å². The fraction of sp³-hybridized carbons (Fsp3) is 0.200. The van der Waals surface area contributed by atoms with Gasteiger partial charge >= 0.3 is 0 Å². The number of anilines is 2. The molecule has 0 amide bonds. The van der Waals surface area contributed by atoms with E-state index in [0.717, 1.165) is 5.56 Å². The molecule has 0 aliphatic carbocycles. The molecule has 2 aromatic carbocycles. The van der Waals surface area contributed by atoms with Crippen LogP contribution >= 0.6 is 0 Å².